The van der Waals surface area contributed by atoms with Crippen LogP contribution in [0, 0.1) is 10.1 Å². The van der Waals surface area contributed by atoms with Crippen LogP contribution in [0.4, 0.5) is 0 Å². The summed E-state index contributed by atoms with van der Waals surface area (Å²) in [5.74, 6) is 0.922. The monoisotopic (exact) mass is 343 g/mol. The highest BCUT2D eigenvalue weighted by molar-refractivity contribution is 5.92. The van der Waals surface area contributed by atoms with Gasteiger partial charge in [0.05, 0.1) is 17.6 Å². The molecule has 0 bridgehead atoms. The highest BCUT2D eigenvalue weighted by Crippen LogP contribution is 2.34. The molecule has 0 aliphatic carbocycles. The number of methoxy groups -OCH3 is 1. The van der Waals surface area contributed by atoms with Gasteiger partial charge in [0.1, 0.15) is 0 Å². The first kappa shape index (κ1) is 16.3. The second kappa shape index (κ2) is 6.91. The smallest absolute Gasteiger partial charge is 0.343 e. The van der Waals surface area contributed by atoms with Gasteiger partial charge in [-0.25, -0.2) is 4.79 Å². The molecule has 1 heterocycles. The summed E-state index contributed by atoms with van der Waals surface area (Å²) in [6.45, 7) is 0.112. The Morgan fingerprint density at radius 3 is 2.72 bits per heavy atom. The lowest BCUT2D eigenvalue weighted by molar-refractivity contribution is -0.400. The number of hydrogen-bond donors (Lipinski definition) is 0. The normalized spacial score (nSPS) is 12.2. The molecule has 8 nitrogen and oxygen atoms in total. The van der Waals surface area contributed by atoms with E-state index in [0.717, 1.165) is 6.20 Å². The van der Waals surface area contributed by atoms with Gasteiger partial charge in [0.2, 0.25) is 13.0 Å². The lowest BCUT2D eigenvalue weighted by Crippen LogP contribution is -2.09. The molecule has 0 aromatic heterocycles. The van der Waals surface area contributed by atoms with E-state index in [9.17, 15) is 14.9 Å². The molecule has 0 spiro atoms. The molecule has 1 aliphatic heterocycles. The number of carbonyl (C=O) groups is 1. The molecule has 0 unspecified atom stereocenters. The summed E-state index contributed by atoms with van der Waals surface area (Å²) in [4.78, 5) is 22.1. The minimum atomic E-state index is -0.592. The number of rotatable bonds is 5. The van der Waals surface area contributed by atoms with E-state index in [4.69, 9.17) is 18.9 Å². The van der Waals surface area contributed by atoms with Crippen LogP contribution in [-0.4, -0.2) is 24.8 Å². The fraction of sp³-hybridized carbons (Fsp3) is 0.118. The van der Waals surface area contributed by atoms with Gasteiger partial charge in [-0.1, -0.05) is 6.07 Å². The summed E-state index contributed by atoms with van der Waals surface area (Å²) in [5, 5.41) is 10.4. The Kier molecular flexibility index (Phi) is 4.51. The third-order valence-electron chi connectivity index (χ3n) is 3.39. The van der Waals surface area contributed by atoms with Crippen LogP contribution in [0.15, 0.2) is 42.6 Å². The molecule has 0 saturated heterocycles. The number of benzene rings is 2. The van der Waals surface area contributed by atoms with Gasteiger partial charge in [0.25, 0.3) is 0 Å². The zero-order valence-electron chi connectivity index (χ0n) is 13.1. The number of ether oxygens (including phenoxy) is 4. The van der Waals surface area contributed by atoms with E-state index in [1.807, 2.05) is 0 Å². The number of fused-ring (bicyclic) bond motifs is 1. The molecule has 0 N–H and O–H groups in total. The number of carbonyl (C=O) groups excluding carboxylic acids is 1. The summed E-state index contributed by atoms with van der Waals surface area (Å²) in [7, 11) is 1.41. The second-order valence-corrected chi connectivity index (χ2v) is 4.97. The number of hydrogen-bond acceptors (Lipinski definition) is 7. The summed E-state index contributed by atoms with van der Waals surface area (Å²) in [5.41, 5.74) is 0.833. The maximum Gasteiger partial charge on any atom is 0.343 e. The van der Waals surface area contributed by atoms with Crippen LogP contribution in [0.25, 0.3) is 6.08 Å². The quantitative estimate of drug-likeness (QED) is 0.356. The molecule has 0 saturated carbocycles. The van der Waals surface area contributed by atoms with E-state index in [0.29, 0.717) is 22.6 Å². The Labute approximate surface area is 142 Å². The lowest BCUT2D eigenvalue weighted by atomic mass is 10.2. The summed E-state index contributed by atoms with van der Waals surface area (Å²) in [6, 6.07) is 9.33. The van der Waals surface area contributed by atoms with E-state index in [1.165, 1.54) is 31.4 Å². The van der Waals surface area contributed by atoms with Crippen LogP contribution in [0.5, 0.6) is 23.0 Å². The van der Waals surface area contributed by atoms with Crippen molar-refractivity contribution >= 4 is 12.0 Å². The predicted molar refractivity (Wildman–Crippen MR) is 86.5 cm³/mol. The average Bonchev–Trinajstić information content (AvgIpc) is 3.08. The van der Waals surface area contributed by atoms with E-state index in [2.05, 4.69) is 0 Å². The fourth-order valence-corrected chi connectivity index (χ4v) is 2.20. The molecular formula is C17H13NO7. The maximum atomic E-state index is 12.3. The van der Waals surface area contributed by atoms with Gasteiger partial charge in [-0.05, 0) is 35.9 Å². The van der Waals surface area contributed by atoms with Crippen molar-refractivity contribution in [1.29, 1.82) is 0 Å². The summed E-state index contributed by atoms with van der Waals surface area (Å²) < 4.78 is 20.9. The van der Waals surface area contributed by atoms with Gasteiger partial charge in [-0.3, -0.25) is 10.1 Å². The van der Waals surface area contributed by atoms with Gasteiger partial charge < -0.3 is 18.9 Å². The van der Waals surface area contributed by atoms with E-state index < -0.39 is 10.9 Å². The Morgan fingerprint density at radius 1 is 1.16 bits per heavy atom. The largest absolute Gasteiger partial charge is 0.493 e. The fourth-order valence-electron chi connectivity index (χ4n) is 2.20. The van der Waals surface area contributed by atoms with Gasteiger partial charge in [-0.15, -0.1) is 0 Å². The van der Waals surface area contributed by atoms with Crippen molar-refractivity contribution in [1.82, 2.24) is 0 Å². The van der Waals surface area contributed by atoms with Crippen molar-refractivity contribution < 1.29 is 28.7 Å². The van der Waals surface area contributed by atoms with Crippen molar-refractivity contribution in [2.75, 3.05) is 13.9 Å². The molecule has 25 heavy (non-hydrogen) atoms. The van der Waals surface area contributed by atoms with Crippen molar-refractivity contribution in [2.45, 2.75) is 0 Å². The minimum Gasteiger partial charge on any atom is -0.493 e. The Bertz CT molecular complexity index is 860. The van der Waals surface area contributed by atoms with Gasteiger partial charge in [-0.2, -0.15) is 0 Å². The molecule has 2 aromatic rings. The van der Waals surface area contributed by atoms with Crippen LogP contribution < -0.4 is 18.9 Å². The maximum absolute atomic E-state index is 12.3. The minimum absolute atomic E-state index is 0.112. The summed E-state index contributed by atoms with van der Waals surface area (Å²) >= 11 is 0. The standard InChI is InChI=1S/C17H13NO7/c1-22-15-8-11(6-7-18(20)21)2-4-14(15)25-17(19)12-3-5-13-16(9-12)24-10-23-13/h2-9H,10H2,1H3/b7-6-. The van der Waals surface area contributed by atoms with Crippen LogP contribution in [0.2, 0.25) is 0 Å². The summed E-state index contributed by atoms with van der Waals surface area (Å²) in [6.07, 6.45) is 2.12. The number of nitrogens with zero attached hydrogens (tertiary/aromatic N) is 1. The number of esters is 1. The highest BCUT2D eigenvalue weighted by atomic mass is 16.7. The van der Waals surface area contributed by atoms with Crippen LogP contribution in [0.1, 0.15) is 15.9 Å². The first-order valence-corrected chi connectivity index (χ1v) is 7.18. The topological polar surface area (TPSA) is 97.1 Å². The van der Waals surface area contributed by atoms with Crippen molar-refractivity contribution in [3.05, 3.63) is 63.8 Å². The Hall–Kier alpha value is -3.55. The van der Waals surface area contributed by atoms with Crippen LogP contribution >= 0.6 is 0 Å². The second-order valence-electron chi connectivity index (χ2n) is 4.97. The first-order chi connectivity index (χ1) is 12.1. The molecule has 3 rings (SSSR count). The highest BCUT2D eigenvalue weighted by Gasteiger charge is 2.18. The molecule has 0 atom stereocenters. The SMILES string of the molecule is COc1cc(/C=C\[N+](=O)[O-])ccc1OC(=O)c1ccc2c(c1)OCO2. The molecule has 0 fully saturated rings. The molecule has 1 aliphatic rings. The van der Waals surface area contributed by atoms with Gasteiger partial charge in [0, 0.05) is 6.08 Å². The van der Waals surface area contributed by atoms with Crippen molar-refractivity contribution in [2.24, 2.45) is 0 Å². The predicted octanol–water partition coefficient (Wildman–Crippen LogP) is 2.89. The molecule has 0 radical (unpaired) electrons. The van der Waals surface area contributed by atoms with Crippen LogP contribution in [0.3, 0.4) is 0 Å². The van der Waals surface area contributed by atoms with E-state index in [1.54, 1.807) is 18.2 Å². The third-order valence-corrected chi connectivity index (χ3v) is 3.39. The molecular weight excluding hydrogens is 330 g/mol. The Morgan fingerprint density at radius 2 is 1.96 bits per heavy atom. The van der Waals surface area contributed by atoms with E-state index >= 15 is 0 Å². The van der Waals surface area contributed by atoms with Crippen molar-refractivity contribution in [3.63, 3.8) is 0 Å². The lowest BCUT2D eigenvalue weighted by Gasteiger charge is -2.10. The molecule has 2 aromatic carbocycles. The molecule has 8 heteroatoms. The van der Waals surface area contributed by atoms with Gasteiger partial charge >= 0.3 is 5.97 Å². The third kappa shape index (κ3) is 3.69. The zero-order valence-corrected chi connectivity index (χ0v) is 13.1. The Balaban J connectivity index is 1.79. The van der Waals surface area contributed by atoms with E-state index in [-0.39, 0.29) is 18.3 Å². The molecule has 0 amide bonds. The van der Waals surface area contributed by atoms with Gasteiger partial charge in [0.15, 0.2) is 23.0 Å². The average molecular weight is 343 g/mol. The zero-order chi connectivity index (χ0) is 17.8. The first-order valence-electron chi connectivity index (χ1n) is 7.18. The molecule has 128 valence electrons. The van der Waals surface area contributed by atoms with Crippen LogP contribution in [-0.2, 0) is 0 Å². The van der Waals surface area contributed by atoms with Crippen molar-refractivity contribution in [3.8, 4) is 23.0 Å². The number of nitro groups is 1.